The maximum Gasteiger partial charge on any atom is 0.261 e. The quantitative estimate of drug-likeness (QED) is 0.317. The van der Waals surface area contributed by atoms with E-state index < -0.39 is 20.2 Å². The van der Waals surface area contributed by atoms with E-state index in [1.807, 2.05) is 18.2 Å². The second-order valence-electron chi connectivity index (χ2n) is 6.04. The smallest absolute Gasteiger partial charge is 0.261 e. The van der Waals surface area contributed by atoms with E-state index in [1.165, 1.54) is 0 Å². The minimum absolute atomic E-state index is 0.266. The Kier molecular flexibility index (Phi) is 12.5. The van der Waals surface area contributed by atoms with Crippen LogP contribution in [0.2, 0.25) is 0 Å². The average Bonchev–Trinajstić information content (AvgIpc) is 3.06. The van der Waals surface area contributed by atoms with Gasteiger partial charge >= 0.3 is 0 Å². The standard InChI is InChI=1S/C14H21N3O3.2CH4O3S/c1-18-13-5-3-4-10(14(13)19-2)9-20-17-12-8-16-7-11(12)6-15;2*1-5(2,3)4/h3-5,11,16H,6-9,15H2,1-2H3;2*1H3,(H,2,3,4)/b17-12+;;. The zero-order valence-corrected chi connectivity index (χ0v) is 18.9. The summed E-state index contributed by atoms with van der Waals surface area (Å²) in [6.45, 7) is 2.51. The first-order chi connectivity index (χ1) is 13.8. The van der Waals surface area contributed by atoms with E-state index in [9.17, 15) is 16.8 Å². The van der Waals surface area contributed by atoms with E-state index in [-0.39, 0.29) is 5.92 Å². The normalized spacial score (nSPS) is 17.3. The summed E-state index contributed by atoms with van der Waals surface area (Å²) >= 11 is 0. The van der Waals surface area contributed by atoms with E-state index >= 15 is 0 Å². The van der Waals surface area contributed by atoms with Gasteiger partial charge in [0.25, 0.3) is 20.2 Å². The molecule has 0 saturated carbocycles. The number of para-hydroxylation sites is 1. The maximum atomic E-state index is 9.19. The third-order valence-corrected chi connectivity index (χ3v) is 3.34. The lowest BCUT2D eigenvalue weighted by molar-refractivity contribution is 0.126. The number of methoxy groups -OCH3 is 2. The molecule has 174 valence electrons. The summed E-state index contributed by atoms with van der Waals surface area (Å²) in [4.78, 5) is 5.43. The van der Waals surface area contributed by atoms with Crippen LogP contribution in [-0.2, 0) is 31.7 Å². The maximum absolute atomic E-state index is 9.19. The van der Waals surface area contributed by atoms with Crippen LogP contribution in [0.15, 0.2) is 23.4 Å². The summed E-state index contributed by atoms with van der Waals surface area (Å²) in [5, 5.41) is 7.41. The van der Waals surface area contributed by atoms with Crippen LogP contribution in [0.4, 0.5) is 0 Å². The lowest BCUT2D eigenvalue weighted by Gasteiger charge is -2.12. The Balaban J connectivity index is 0.000000702. The molecule has 30 heavy (non-hydrogen) atoms. The van der Waals surface area contributed by atoms with Gasteiger partial charge in [-0.1, -0.05) is 17.3 Å². The van der Waals surface area contributed by atoms with Crippen molar-refractivity contribution in [2.24, 2.45) is 16.8 Å². The van der Waals surface area contributed by atoms with Crippen LogP contribution in [0, 0.1) is 5.92 Å². The number of nitrogens with one attached hydrogen (secondary N) is 1. The van der Waals surface area contributed by atoms with Crippen LogP contribution in [0.1, 0.15) is 5.56 Å². The van der Waals surface area contributed by atoms with Gasteiger partial charge in [-0.2, -0.15) is 16.8 Å². The van der Waals surface area contributed by atoms with Gasteiger partial charge < -0.3 is 25.4 Å². The van der Waals surface area contributed by atoms with Gasteiger partial charge in [0, 0.05) is 31.1 Å². The van der Waals surface area contributed by atoms with E-state index in [0.717, 1.165) is 24.4 Å². The highest BCUT2D eigenvalue weighted by Gasteiger charge is 2.21. The highest BCUT2D eigenvalue weighted by molar-refractivity contribution is 7.85. The van der Waals surface area contributed by atoms with Crippen molar-refractivity contribution in [2.75, 3.05) is 46.4 Å². The van der Waals surface area contributed by atoms with Crippen LogP contribution in [0.3, 0.4) is 0 Å². The van der Waals surface area contributed by atoms with E-state index in [0.29, 0.717) is 37.2 Å². The molecule has 1 aromatic carbocycles. The van der Waals surface area contributed by atoms with Crippen molar-refractivity contribution in [3.63, 3.8) is 0 Å². The van der Waals surface area contributed by atoms with E-state index in [4.69, 9.17) is 29.2 Å². The van der Waals surface area contributed by atoms with Gasteiger partial charge in [0.1, 0.15) is 6.61 Å². The summed E-state index contributed by atoms with van der Waals surface area (Å²) in [6, 6.07) is 5.67. The number of hydrogen-bond acceptors (Lipinski definition) is 10. The Bertz CT molecular complexity index is 841. The Labute approximate surface area is 176 Å². The number of nitrogens with two attached hydrogens (primary N) is 1. The van der Waals surface area contributed by atoms with Gasteiger partial charge in [-0.15, -0.1) is 0 Å². The second-order valence-corrected chi connectivity index (χ2v) is 8.97. The molecule has 0 aromatic heterocycles. The number of hydrogen-bond donors (Lipinski definition) is 4. The molecule has 1 unspecified atom stereocenters. The zero-order chi connectivity index (χ0) is 23.4. The topological polar surface area (TPSA) is 187 Å². The summed E-state index contributed by atoms with van der Waals surface area (Å²) in [5.74, 6) is 1.63. The molecule has 14 heteroatoms. The molecule has 0 bridgehead atoms. The number of ether oxygens (including phenoxy) is 2. The zero-order valence-electron chi connectivity index (χ0n) is 17.2. The SMILES string of the molecule is COc1cccc(CO/N=C2\CNCC2CN)c1OC.CS(=O)(=O)O.CS(=O)(=O)O. The fourth-order valence-electron chi connectivity index (χ4n) is 2.21. The molecule has 1 aliphatic heterocycles. The lowest BCUT2D eigenvalue weighted by Crippen LogP contribution is -2.22. The molecule has 0 amide bonds. The molecule has 1 saturated heterocycles. The third-order valence-electron chi connectivity index (χ3n) is 3.34. The predicted octanol–water partition coefficient (Wildman–Crippen LogP) is -0.237. The van der Waals surface area contributed by atoms with Gasteiger partial charge in [-0.05, 0) is 6.07 Å². The van der Waals surface area contributed by atoms with Crippen molar-refractivity contribution in [1.82, 2.24) is 5.32 Å². The minimum Gasteiger partial charge on any atom is -0.493 e. The van der Waals surface area contributed by atoms with Crippen molar-refractivity contribution in [1.29, 1.82) is 0 Å². The third kappa shape index (κ3) is 14.1. The van der Waals surface area contributed by atoms with E-state index in [1.54, 1.807) is 14.2 Å². The van der Waals surface area contributed by atoms with Gasteiger partial charge in [-0.3, -0.25) is 9.11 Å². The van der Waals surface area contributed by atoms with Crippen molar-refractivity contribution >= 4 is 25.9 Å². The van der Waals surface area contributed by atoms with Gasteiger partial charge in [-0.25, -0.2) is 0 Å². The number of benzene rings is 1. The van der Waals surface area contributed by atoms with Gasteiger partial charge in [0.2, 0.25) is 0 Å². The number of rotatable bonds is 6. The Morgan fingerprint density at radius 2 is 1.70 bits per heavy atom. The molecule has 1 fully saturated rings. The lowest BCUT2D eigenvalue weighted by atomic mass is 10.1. The van der Waals surface area contributed by atoms with Gasteiger partial charge in [0.05, 0.1) is 32.4 Å². The van der Waals surface area contributed by atoms with Crippen molar-refractivity contribution < 1.29 is 40.3 Å². The van der Waals surface area contributed by atoms with Crippen LogP contribution >= 0.6 is 0 Å². The summed E-state index contributed by atoms with van der Waals surface area (Å²) < 4.78 is 62.3. The highest BCUT2D eigenvalue weighted by Crippen LogP contribution is 2.31. The van der Waals surface area contributed by atoms with Crippen LogP contribution < -0.4 is 20.5 Å². The van der Waals surface area contributed by atoms with Crippen LogP contribution in [0.5, 0.6) is 11.5 Å². The van der Waals surface area contributed by atoms with E-state index in [2.05, 4.69) is 10.5 Å². The fraction of sp³-hybridized carbons (Fsp3) is 0.562. The summed E-state index contributed by atoms with van der Waals surface area (Å²) in [6.07, 6.45) is 1.43. The summed E-state index contributed by atoms with van der Waals surface area (Å²) in [7, 11) is -4.11. The molecule has 1 aliphatic rings. The Morgan fingerprint density at radius 3 is 2.17 bits per heavy atom. The molecule has 1 aromatic rings. The van der Waals surface area contributed by atoms with Crippen LogP contribution in [-0.4, -0.2) is 78.0 Å². The molecule has 2 rings (SSSR count). The first kappa shape index (κ1) is 28.0. The summed E-state index contributed by atoms with van der Waals surface area (Å²) in [5.41, 5.74) is 7.54. The predicted molar refractivity (Wildman–Crippen MR) is 112 cm³/mol. The van der Waals surface area contributed by atoms with Gasteiger partial charge in [0.15, 0.2) is 11.5 Å². The molecule has 0 aliphatic carbocycles. The number of nitrogens with zero attached hydrogens (tertiary/aromatic N) is 1. The second kappa shape index (κ2) is 13.4. The molecule has 0 radical (unpaired) electrons. The minimum atomic E-state index is -3.67. The fourth-order valence-corrected chi connectivity index (χ4v) is 2.21. The van der Waals surface area contributed by atoms with Crippen molar-refractivity contribution in [3.05, 3.63) is 23.8 Å². The first-order valence-corrected chi connectivity index (χ1v) is 12.1. The molecule has 1 heterocycles. The average molecular weight is 472 g/mol. The van der Waals surface area contributed by atoms with Crippen molar-refractivity contribution in [2.45, 2.75) is 6.61 Å². The number of oxime groups is 1. The Morgan fingerprint density at radius 1 is 1.13 bits per heavy atom. The van der Waals surface area contributed by atoms with Crippen molar-refractivity contribution in [3.8, 4) is 11.5 Å². The largest absolute Gasteiger partial charge is 0.493 e. The Hall–Kier alpha value is -1.97. The van der Waals surface area contributed by atoms with Crippen LogP contribution in [0.25, 0.3) is 0 Å². The molecular weight excluding hydrogens is 442 g/mol. The highest BCUT2D eigenvalue weighted by atomic mass is 32.2. The molecule has 0 spiro atoms. The molecule has 12 nitrogen and oxygen atoms in total. The molecular formula is C16H29N3O9S2. The monoisotopic (exact) mass is 471 g/mol. The molecule has 5 N–H and O–H groups in total. The molecule has 1 atom stereocenters. The first-order valence-electron chi connectivity index (χ1n) is 8.44.